The zero-order chi connectivity index (χ0) is 17.1. The van der Waals surface area contributed by atoms with Crippen molar-refractivity contribution in [3.63, 3.8) is 0 Å². The topological polar surface area (TPSA) is 97.9 Å². The van der Waals surface area contributed by atoms with Crippen molar-refractivity contribution in [2.75, 3.05) is 6.61 Å². The van der Waals surface area contributed by atoms with E-state index in [9.17, 15) is 4.79 Å². The van der Waals surface area contributed by atoms with Crippen LogP contribution in [0.4, 0.5) is 0 Å². The van der Waals surface area contributed by atoms with Crippen LogP contribution in [0.5, 0.6) is 0 Å². The van der Waals surface area contributed by atoms with Crippen molar-refractivity contribution in [2.24, 2.45) is 13.0 Å². The molecule has 0 saturated heterocycles. The van der Waals surface area contributed by atoms with E-state index in [4.69, 9.17) is 5.11 Å². The zero-order valence-electron chi connectivity index (χ0n) is 14.1. The Balaban J connectivity index is 1.62. The Kier molecular flexibility index (Phi) is 4.94. The van der Waals surface area contributed by atoms with Gasteiger partial charge in [0.1, 0.15) is 0 Å². The standard InChI is InChI=1S/C16H24N6O2/c1-11-14(10-21(2)19-11)16(24)17-15-5-3-4-12(15)8-22-9-13(6-7-23)18-20-22/h9-10,12,15,23H,3-8H2,1-2H3,(H,17,24)/t12-,15-/m1/s1. The van der Waals surface area contributed by atoms with Gasteiger partial charge >= 0.3 is 0 Å². The van der Waals surface area contributed by atoms with Gasteiger partial charge in [-0.3, -0.25) is 14.2 Å². The van der Waals surface area contributed by atoms with E-state index in [0.29, 0.717) is 17.9 Å². The predicted octanol–water partition coefficient (Wildman–Crippen LogP) is 0.454. The fourth-order valence-electron chi connectivity index (χ4n) is 3.41. The summed E-state index contributed by atoms with van der Waals surface area (Å²) in [5.41, 5.74) is 2.17. The lowest BCUT2D eigenvalue weighted by atomic mass is 10.0. The average molecular weight is 332 g/mol. The van der Waals surface area contributed by atoms with Crippen LogP contribution < -0.4 is 5.32 Å². The molecule has 1 fully saturated rings. The molecule has 0 unspecified atom stereocenters. The SMILES string of the molecule is Cc1nn(C)cc1C(=O)N[C@@H]1CCC[C@@H]1Cn1cc(CCO)nn1. The van der Waals surface area contributed by atoms with E-state index < -0.39 is 0 Å². The molecular weight excluding hydrogens is 308 g/mol. The molecule has 2 N–H and O–H groups in total. The molecule has 130 valence electrons. The maximum Gasteiger partial charge on any atom is 0.254 e. The molecule has 0 aromatic carbocycles. The molecule has 1 amide bonds. The molecule has 0 radical (unpaired) electrons. The van der Waals surface area contributed by atoms with Gasteiger partial charge in [0.05, 0.1) is 17.0 Å². The molecule has 0 bridgehead atoms. The molecule has 1 saturated carbocycles. The number of aryl methyl sites for hydroxylation is 2. The van der Waals surface area contributed by atoms with Gasteiger partial charge in [0.15, 0.2) is 0 Å². The van der Waals surface area contributed by atoms with E-state index in [2.05, 4.69) is 20.7 Å². The number of rotatable bonds is 6. The summed E-state index contributed by atoms with van der Waals surface area (Å²) in [6, 6.07) is 0.141. The Bertz CT molecular complexity index is 707. The highest BCUT2D eigenvalue weighted by molar-refractivity contribution is 5.95. The van der Waals surface area contributed by atoms with Gasteiger partial charge in [0.2, 0.25) is 0 Å². The highest BCUT2D eigenvalue weighted by Crippen LogP contribution is 2.27. The van der Waals surface area contributed by atoms with Gasteiger partial charge in [-0.1, -0.05) is 11.6 Å². The number of carbonyl (C=O) groups is 1. The minimum Gasteiger partial charge on any atom is -0.396 e. The zero-order valence-corrected chi connectivity index (χ0v) is 14.1. The molecule has 2 atom stereocenters. The molecule has 1 aliphatic rings. The molecule has 2 aromatic rings. The average Bonchev–Trinajstić information content (AvgIpc) is 3.23. The van der Waals surface area contributed by atoms with Crippen LogP contribution in [0.25, 0.3) is 0 Å². The predicted molar refractivity (Wildman–Crippen MR) is 87.4 cm³/mol. The van der Waals surface area contributed by atoms with E-state index >= 15 is 0 Å². The lowest BCUT2D eigenvalue weighted by Gasteiger charge is -2.20. The van der Waals surface area contributed by atoms with Crippen molar-refractivity contribution < 1.29 is 9.90 Å². The second-order valence-electron chi connectivity index (χ2n) is 6.48. The minimum absolute atomic E-state index is 0.0583. The van der Waals surface area contributed by atoms with Crippen molar-refractivity contribution in [1.82, 2.24) is 30.1 Å². The summed E-state index contributed by atoms with van der Waals surface area (Å²) in [6.45, 7) is 2.65. The normalized spacial score (nSPS) is 20.5. The molecule has 8 heteroatoms. The van der Waals surface area contributed by atoms with Gasteiger partial charge in [-0.05, 0) is 25.7 Å². The van der Waals surface area contributed by atoms with Crippen molar-refractivity contribution in [3.05, 3.63) is 29.3 Å². The largest absolute Gasteiger partial charge is 0.396 e. The third-order valence-electron chi connectivity index (χ3n) is 4.61. The van der Waals surface area contributed by atoms with Gasteiger partial charge in [-0.25, -0.2) is 0 Å². The molecule has 0 spiro atoms. The fourth-order valence-corrected chi connectivity index (χ4v) is 3.41. The number of aliphatic hydroxyl groups excluding tert-OH is 1. The Morgan fingerprint density at radius 3 is 2.96 bits per heavy atom. The molecule has 2 aromatic heterocycles. The second kappa shape index (κ2) is 7.12. The summed E-state index contributed by atoms with van der Waals surface area (Å²) in [4.78, 5) is 12.5. The van der Waals surface area contributed by atoms with Crippen molar-refractivity contribution in [1.29, 1.82) is 0 Å². The van der Waals surface area contributed by atoms with Crippen LogP contribution >= 0.6 is 0 Å². The third-order valence-corrected chi connectivity index (χ3v) is 4.61. The number of aromatic nitrogens is 5. The highest BCUT2D eigenvalue weighted by atomic mass is 16.3. The Hall–Kier alpha value is -2.22. The summed E-state index contributed by atoms with van der Waals surface area (Å²) in [7, 11) is 1.82. The molecule has 2 heterocycles. The molecular formula is C16H24N6O2. The Morgan fingerprint density at radius 2 is 2.25 bits per heavy atom. The highest BCUT2D eigenvalue weighted by Gasteiger charge is 2.30. The lowest BCUT2D eigenvalue weighted by Crippen LogP contribution is -2.39. The van der Waals surface area contributed by atoms with Crippen molar-refractivity contribution in [3.8, 4) is 0 Å². The quantitative estimate of drug-likeness (QED) is 0.800. The van der Waals surface area contributed by atoms with Crippen LogP contribution in [0.3, 0.4) is 0 Å². The van der Waals surface area contributed by atoms with Gasteiger partial charge in [-0.15, -0.1) is 5.10 Å². The third kappa shape index (κ3) is 3.64. The van der Waals surface area contributed by atoms with E-state index in [1.165, 1.54) is 0 Å². The molecule has 24 heavy (non-hydrogen) atoms. The van der Waals surface area contributed by atoms with E-state index in [1.54, 1.807) is 10.9 Å². The molecule has 1 aliphatic carbocycles. The summed E-state index contributed by atoms with van der Waals surface area (Å²) in [5, 5.41) is 24.5. The van der Waals surface area contributed by atoms with Crippen molar-refractivity contribution in [2.45, 2.75) is 45.2 Å². The number of amides is 1. The van der Waals surface area contributed by atoms with Crippen LogP contribution in [0.2, 0.25) is 0 Å². The summed E-state index contributed by atoms with van der Waals surface area (Å²) < 4.78 is 3.48. The number of hydrogen-bond acceptors (Lipinski definition) is 5. The van der Waals surface area contributed by atoms with Crippen LogP contribution in [-0.2, 0) is 20.0 Å². The summed E-state index contributed by atoms with van der Waals surface area (Å²) >= 11 is 0. The maximum atomic E-state index is 12.5. The number of aliphatic hydroxyl groups is 1. The van der Waals surface area contributed by atoms with E-state index in [0.717, 1.165) is 37.2 Å². The first kappa shape index (κ1) is 16.6. The number of carbonyl (C=O) groups excluding carboxylic acids is 1. The number of nitrogens with one attached hydrogen (secondary N) is 1. The lowest BCUT2D eigenvalue weighted by molar-refractivity contribution is 0.0924. The van der Waals surface area contributed by atoms with Gasteiger partial charge in [0.25, 0.3) is 5.91 Å². The van der Waals surface area contributed by atoms with Crippen LogP contribution in [0.15, 0.2) is 12.4 Å². The van der Waals surface area contributed by atoms with Gasteiger partial charge in [-0.2, -0.15) is 5.10 Å². The number of nitrogens with zero attached hydrogens (tertiary/aromatic N) is 5. The van der Waals surface area contributed by atoms with E-state index in [1.807, 2.05) is 24.9 Å². The molecule has 0 aliphatic heterocycles. The van der Waals surface area contributed by atoms with E-state index in [-0.39, 0.29) is 18.6 Å². The monoisotopic (exact) mass is 332 g/mol. The molecule has 8 nitrogen and oxygen atoms in total. The minimum atomic E-state index is -0.0583. The van der Waals surface area contributed by atoms with Crippen LogP contribution in [0.1, 0.15) is 41.0 Å². The Morgan fingerprint density at radius 1 is 1.42 bits per heavy atom. The Labute approximate surface area is 140 Å². The summed E-state index contributed by atoms with van der Waals surface area (Å²) in [6.07, 6.45) is 7.29. The van der Waals surface area contributed by atoms with Crippen molar-refractivity contribution >= 4 is 5.91 Å². The van der Waals surface area contributed by atoms with Gasteiger partial charge in [0, 0.05) is 45.1 Å². The van der Waals surface area contributed by atoms with Crippen LogP contribution in [-0.4, -0.2) is 48.4 Å². The first-order valence-electron chi connectivity index (χ1n) is 8.38. The second-order valence-corrected chi connectivity index (χ2v) is 6.48. The maximum absolute atomic E-state index is 12.5. The summed E-state index contributed by atoms with van der Waals surface area (Å²) in [5.74, 6) is 0.284. The smallest absolute Gasteiger partial charge is 0.254 e. The molecule has 3 rings (SSSR count). The number of hydrogen-bond donors (Lipinski definition) is 2. The van der Waals surface area contributed by atoms with Crippen LogP contribution in [0, 0.1) is 12.8 Å². The first-order valence-corrected chi connectivity index (χ1v) is 8.38. The van der Waals surface area contributed by atoms with Gasteiger partial charge < -0.3 is 10.4 Å². The fraction of sp³-hybridized carbons (Fsp3) is 0.625. The first-order chi connectivity index (χ1) is 11.6.